The second-order valence-electron chi connectivity index (χ2n) is 8.34. The number of hydrogen-bond acceptors (Lipinski definition) is 7. The van der Waals surface area contributed by atoms with Crippen molar-refractivity contribution in [3.63, 3.8) is 0 Å². The fourth-order valence-corrected chi connectivity index (χ4v) is 4.15. The third-order valence-electron chi connectivity index (χ3n) is 5.34. The molecule has 2 aromatic carbocycles. The van der Waals surface area contributed by atoms with Crippen LogP contribution in [0.25, 0.3) is 11.3 Å². The van der Waals surface area contributed by atoms with Crippen molar-refractivity contribution in [1.82, 2.24) is 20.3 Å². The molecule has 2 unspecified atom stereocenters. The summed E-state index contributed by atoms with van der Waals surface area (Å²) in [4.78, 5) is 25.9. The van der Waals surface area contributed by atoms with Crippen LogP contribution in [0.15, 0.2) is 65.7 Å². The van der Waals surface area contributed by atoms with E-state index >= 15 is 0 Å². The number of nitrogens with zero attached hydrogens (tertiary/aromatic N) is 3. The largest absolute Gasteiger partial charge is 0.464 e. The second-order valence-corrected chi connectivity index (χ2v) is 9.91. The molecular formula is C24H29N5O5S. The normalized spacial score (nSPS) is 13.3. The molecule has 10 nitrogen and oxygen atoms in total. The quantitative estimate of drug-likeness (QED) is 0.406. The molecule has 3 rings (SSSR count). The molecule has 35 heavy (non-hydrogen) atoms. The van der Waals surface area contributed by atoms with Gasteiger partial charge in [0.2, 0.25) is 15.9 Å². The van der Waals surface area contributed by atoms with E-state index < -0.39 is 34.0 Å². The number of amides is 1. The standard InChI is InChI=1S/C24H29N5O5S/c1-4-34-24(31)20(14-17-8-6-5-7-9-17)26-23(30)22(16(2)3)29-15-21(27-28-29)18-10-12-19(13-11-18)35(25,32)33/h5-13,15-16,20,22H,4,14H2,1-3H3,(H,26,30)(H2,25,32,33). The predicted octanol–water partition coefficient (Wildman–Crippen LogP) is 2.08. The van der Waals surface area contributed by atoms with Crippen molar-refractivity contribution in [3.05, 3.63) is 66.4 Å². The maximum absolute atomic E-state index is 13.3. The van der Waals surface area contributed by atoms with E-state index in [0.29, 0.717) is 11.3 Å². The first-order valence-corrected chi connectivity index (χ1v) is 12.7. The van der Waals surface area contributed by atoms with Crippen LogP contribution in [-0.4, -0.2) is 47.9 Å². The molecule has 11 heteroatoms. The number of aromatic nitrogens is 3. The Balaban J connectivity index is 1.82. The number of hydrogen-bond donors (Lipinski definition) is 2. The number of sulfonamides is 1. The Morgan fingerprint density at radius 2 is 1.74 bits per heavy atom. The van der Waals surface area contributed by atoms with Gasteiger partial charge in [0.15, 0.2) is 0 Å². The van der Waals surface area contributed by atoms with Gasteiger partial charge in [0.1, 0.15) is 17.8 Å². The number of esters is 1. The third-order valence-corrected chi connectivity index (χ3v) is 6.27. The molecule has 0 saturated heterocycles. The average molecular weight is 500 g/mol. The minimum Gasteiger partial charge on any atom is -0.464 e. The summed E-state index contributed by atoms with van der Waals surface area (Å²) in [5.41, 5.74) is 1.95. The highest BCUT2D eigenvalue weighted by atomic mass is 32.2. The van der Waals surface area contributed by atoms with Gasteiger partial charge in [-0.2, -0.15) is 0 Å². The maximum Gasteiger partial charge on any atom is 0.328 e. The van der Waals surface area contributed by atoms with Gasteiger partial charge in [0.05, 0.1) is 17.7 Å². The van der Waals surface area contributed by atoms with Gasteiger partial charge in [-0.15, -0.1) is 5.10 Å². The number of carbonyl (C=O) groups excluding carboxylic acids is 2. The van der Waals surface area contributed by atoms with Crippen LogP contribution in [0.3, 0.4) is 0 Å². The zero-order valence-corrected chi connectivity index (χ0v) is 20.6. The van der Waals surface area contributed by atoms with Crippen molar-refractivity contribution in [2.75, 3.05) is 6.61 Å². The molecule has 1 amide bonds. The monoisotopic (exact) mass is 499 g/mol. The molecule has 0 aliphatic rings. The number of rotatable bonds is 10. The average Bonchev–Trinajstić information content (AvgIpc) is 3.28. The molecule has 3 N–H and O–H groups in total. The van der Waals surface area contributed by atoms with Crippen LogP contribution < -0.4 is 10.5 Å². The number of carbonyl (C=O) groups is 2. The van der Waals surface area contributed by atoms with E-state index in [9.17, 15) is 18.0 Å². The molecule has 186 valence electrons. The Kier molecular flexibility index (Phi) is 8.36. The SMILES string of the molecule is CCOC(=O)C(Cc1ccccc1)NC(=O)C(C(C)C)n1cc(-c2ccc(S(N)(=O)=O)cc2)nn1. The van der Waals surface area contributed by atoms with Gasteiger partial charge in [0.25, 0.3) is 0 Å². The molecule has 0 aliphatic carbocycles. The smallest absolute Gasteiger partial charge is 0.328 e. The lowest BCUT2D eigenvalue weighted by Crippen LogP contribution is -2.47. The van der Waals surface area contributed by atoms with E-state index in [2.05, 4.69) is 15.6 Å². The molecule has 1 aromatic heterocycles. The summed E-state index contributed by atoms with van der Waals surface area (Å²) < 4.78 is 29.6. The third kappa shape index (κ3) is 6.74. The van der Waals surface area contributed by atoms with E-state index in [4.69, 9.17) is 9.88 Å². The molecule has 0 radical (unpaired) electrons. The minimum atomic E-state index is -3.81. The van der Waals surface area contributed by atoms with Crippen LogP contribution in [-0.2, 0) is 30.8 Å². The number of nitrogens with two attached hydrogens (primary N) is 1. The minimum absolute atomic E-state index is 0.0171. The van der Waals surface area contributed by atoms with Gasteiger partial charge in [-0.3, -0.25) is 4.79 Å². The lowest BCUT2D eigenvalue weighted by atomic mass is 10.0. The molecule has 0 aliphatic heterocycles. The van der Waals surface area contributed by atoms with E-state index in [1.165, 1.54) is 16.8 Å². The fourth-order valence-electron chi connectivity index (χ4n) is 3.63. The van der Waals surface area contributed by atoms with Gasteiger partial charge in [-0.25, -0.2) is 23.0 Å². The molecular weight excluding hydrogens is 470 g/mol. The van der Waals surface area contributed by atoms with Crippen molar-refractivity contribution in [2.45, 2.75) is 44.2 Å². The Morgan fingerprint density at radius 1 is 1.09 bits per heavy atom. The highest BCUT2D eigenvalue weighted by Crippen LogP contribution is 2.23. The van der Waals surface area contributed by atoms with Crippen LogP contribution in [0, 0.1) is 5.92 Å². The van der Waals surface area contributed by atoms with Gasteiger partial charge in [-0.1, -0.05) is 61.5 Å². The zero-order chi connectivity index (χ0) is 25.6. The van der Waals surface area contributed by atoms with Gasteiger partial charge < -0.3 is 10.1 Å². The first kappa shape index (κ1) is 26.0. The van der Waals surface area contributed by atoms with Crippen molar-refractivity contribution in [3.8, 4) is 11.3 Å². The highest BCUT2D eigenvalue weighted by molar-refractivity contribution is 7.89. The van der Waals surface area contributed by atoms with Gasteiger partial charge in [-0.05, 0) is 30.5 Å². The molecule has 2 atom stereocenters. The molecule has 0 saturated carbocycles. The number of primary sulfonamides is 1. The number of benzene rings is 2. The molecule has 0 bridgehead atoms. The summed E-state index contributed by atoms with van der Waals surface area (Å²) in [6.07, 6.45) is 1.89. The summed E-state index contributed by atoms with van der Waals surface area (Å²) in [6.45, 7) is 5.64. The maximum atomic E-state index is 13.3. The first-order valence-electron chi connectivity index (χ1n) is 11.2. The number of nitrogens with one attached hydrogen (secondary N) is 1. The predicted molar refractivity (Wildman–Crippen MR) is 129 cm³/mol. The highest BCUT2D eigenvalue weighted by Gasteiger charge is 2.30. The Bertz CT molecular complexity index is 1260. The van der Waals surface area contributed by atoms with E-state index in [1.54, 1.807) is 25.3 Å². The lowest BCUT2D eigenvalue weighted by Gasteiger charge is -2.24. The van der Waals surface area contributed by atoms with Crippen molar-refractivity contribution < 1.29 is 22.7 Å². The van der Waals surface area contributed by atoms with Gasteiger partial charge >= 0.3 is 5.97 Å². The topological polar surface area (TPSA) is 146 Å². The summed E-state index contributed by atoms with van der Waals surface area (Å²) in [5.74, 6) is -1.08. The summed E-state index contributed by atoms with van der Waals surface area (Å²) in [6, 6.07) is 13.6. The van der Waals surface area contributed by atoms with E-state index in [1.807, 2.05) is 44.2 Å². The molecule has 0 spiro atoms. The van der Waals surface area contributed by atoms with Crippen molar-refractivity contribution in [1.29, 1.82) is 0 Å². The molecule has 1 heterocycles. The Labute approximate surface area is 204 Å². The molecule has 3 aromatic rings. The van der Waals surface area contributed by atoms with Crippen molar-refractivity contribution >= 4 is 21.9 Å². The summed E-state index contributed by atoms with van der Waals surface area (Å²) >= 11 is 0. The second kappa shape index (κ2) is 11.2. The first-order chi connectivity index (χ1) is 16.6. The van der Waals surface area contributed by atoms with Crippen LogP contribution in [0.1, 0.15) is 32.4 Å². The molecule has 0 fully saturated rings. The zero-order valence-electron chi connectivity index (χ0n) is 19.8. The van der Waals surface area contributed by atoms with E-state index in [-0.39, 0.29) is 23.8 Å². The van der Waals surface area contributed by atoms with Crippen LogP contribution in [0.5, 0.6) is 0 Å². The van der Waals surface area contributed by atoms with Crippen molar-refractivity contribution in [2.24, 2.45) is 11.1 Å². The summed E-state index contributed by atoms with van der Waals surface area (Å²) in [7, 11) is -3.81. The van der Waals surface area contributed by atoms with Crippen LogP contribution >= 0.6 is 0 Å². The van der Waals surface area contributed by atoms with Gasteiger partial charge in [0, 0.05) is 12.0 Å². The summed E-state index contributed by atoms with van der Waals surface area (Å²) in [5, 5.41) is 16.2. The number of ether oxygens (including phenoxy) is 1. The van der Waals surface area contributed by atoms with Crippen LogP contribution in [0.4, 0.5) is 0 Å². The van der Waals surface area contributed by atoms with Crippen LogP contribution in [0.2, 0.25) is 0 Å². The Morgan fingerprint density at radius 3 is 2.31 bits per heavy atom. The lowest BCUT2D eigenvalue weighted by molar-refractivity contribution is -0.148. The fraction of sp³-hybridized carbons (Fsp3) is 0.333. The van der Waals surface area contributed by atoms with E-state index in [0.717, 1.165) is 5.56 Å². The Hall–Kier alpha value is -3.57.